The highest BCUT2D eigenvalue weighted by Crippen LogP contribution is 2.40. The summed E-state index contributed by atoms with van der Waals surface area (Å²) >= 11 is 0. The van der Waals surface area contributed by atoms with Crippen molar-refractivity contribution >= 4 is 10.1 Å². The predicted molar refractivity (Wildman–Crippen MR) is 43.0 cm³/mol. The number of hydrogen-bond donors (Lipinski definition) is 1. The second kappa shape index (κ2) is 3.60. The monoisotopic (exact) mass is 246 g/mol. The van der Waals surface area contributed by atoms with E-state index in [1.165, 1.54) is 0 Å². The van der Waals surface area contributed by atoms with Gasteiger partial charge in [0, 0.05) is 5.92 Å². The van der Waals surface area contributed by atoms with Crippen molar-refractivity contribution in [3.8, 4) is 0 Å². The van der Waals surface area contributed by atoms with Crippen molar-refractivity contribution in [2.24, 2.45) is 5.92 Å². The van der Waals surface area contributed by atoms with Crippen molar-refractivity contribution < 1.29 is 30.5 Å². The fraction of sp³-hybridized carbons (Fsp3) is 0.429. The Morgan fingerprint density at radius 1 is 1.20 bits per heavy atom. The normalized spacial score (nSPS) is 28.7. The third-order valence-corrected chi connectivity index (χ3v) is 2.85. The Labute approximate surface area is 82.8 Å². The van der Waals surface area contributed by atoms with Crippen molar-refractivity contribution in [2.75, 3.05) is 0 Å². The van der Waals surface area contributed by atoms with E-state index in [0.29, 0.717) is 0 Å². The van der Waals surface area contributed by atoms with Crippen molar-refractivity contribution in [1.29, 1.82) is 0 Å². The smallest absolute Gasteiger partial charge is 0.282 e. The van der Waals surface area contributed by atoms with Gasteiger partial charge in [-0.25, -0.2) is 17.6 Å². The van der Waals surface area contributed by atoms with E-state index in [1.807, 2.05) is 0 Å². The first kappa shape index (κ1) is 12.2. The van der Waals surface area contributed by atoms with Gasteiger partial charge in [0.05, 0.1) is 0 Å². The molecule has 0 bridgehead atoms. The summed E-state index contributed by atoms with van der Waals surface area (Å²) in [7, 11) is -5.32. The molecule has 8 heteroatoms. The topological polar surface area (TPSA) is 54.4 Å². The summed E-state index contributed by atoms with van der Waals surface area (Å²) in [6.07, 6.45) is -2.62. The summed E-state index contributed by atoms with van der Waals surface area (Å²) in [5, 5.41) is 0. The SMILES string of the molecule is CC1C(F)=C(F)C(S(=O)(=O)O)=C(F)C1F. The minimum absolute atomic E-state index is 0.847. The van der Waals surface area contributed by atoms with E-state index in [-0.39, 0.29) is 0 Å². The van der Waals surface area contributed by atoms with Gasteiger partial charge in [0.1, 0.15) is 5.83 Å². The summed E-state index contributed by atoms with van der Waals surface area (Å²) < 4.78 is 80.9. The molecule has 1 aliphatic carbocycles. The summed E-state index contributed by atoms with van der Waals surface area (Å²) in [6, 6.07) is 0. The molecule has 0 aromatic carbocycles. The zero-order chi connectivity index (χ0) is 12.0. The molecule has 0 radical (unpaired) electrons. The first-order chi connectivity index (χ1) is 6.68. The molecule has 0 saturated heterocycles. The average Bonchev–Trinajstić information content (AvgIpc) is 2.09. The lowest BCUT2D eigenvalue weighted by Crippen LogP contribution is -2.24. The Morgan fingerprint density at radius 2 is 1.67 bits per heavy atom. The fourth-order valence-electron chi connectivity index (χ4n) is 1.12. The molecule has 1 rings (SSSR count). The Morgan fingerprint density at radius 3 is 2.07 bits per heavy atom. The molecule has 0 amide bonds. The van der Waals surface area contributed by atoms with Crippen LogP contribution < -0.4 is 0 Å². The highest BCUT2D eigenvalue weighted by molar-refractivity contribution is 7.90. The third-order valence-electron chi connectivity index (χ3n) is 1.96. The summed E-state index contributed by atoms with van der Waals surface area (Å²) in [6.45, 7) is 0.847. The second-order valence-electron chi connectivity index (χ2n) is 3.00. The second-order valence-corrected chi connectivity index (χ2v) is 4.36. The lowest BCUT2D eigenvalue weighted by atomic mass is 9.98. The van der Waals surface area contributed by atoms with Gasteiger partial charge in [-0.2, -0.15) is 8.42 Å². The van der Waals surface area contributed by atoms with Crippen LogP contribution in [0.3, 0.4) is 0 Å². The average molecular weight is 246 g/mol. The van der Waals surface area contributed by atoms with E-state index in [2.05, 4.69) is 0 Å². The molecule has 0 aromatic rings. The van der Waals surface area contributed by atoms with Gasteiger partial charge in [-0.05, 0) is 0 Å². The molecule has 0 aliphatic heterocycles. The zero-order valence-electron chi connectivity index (χ0n) is 7.34. The van der Waals surface area contributed by atoms with Crippen LogP contribution in [0.25, 0.3) is 0 Å². The van der Waals surface area contributed by atoms with Crippen LogP contribution in [0.15, 0.2) is 22.4 Å². The molecular formula is C7H6F4O3S. The van der Waals surface area contributed by atoms with Gasteiger partial charge in [0.2, 0.25) is 0 Å². The van der Waals surface area contributed by atoms with Crippen LogP contribution in [0.4, 0.5) is 17.6 Å². The van der Waals surface area contributed by atoms with Crippen LogP contribution in [0.1, 0.15) is 6.92 Å². The first-order valence-electron chi connectivity index (χ1n) is 3.74. The van der Waals surface area contributed by atoms with E-state index in [4.69, 9.17) is 4.55 Å². The van der Waals surface area contributed by atoms with Gasteiger partial charge >= 0.3 is 0 Å². The summed E-state index contributed by atoms with van der Waals surface area (Å²) in [5.74, 6) is -7.60. The van der Waals surface area contributed by atoms with E-state index in [1.54, 1.807) is 0 Å². The molecule has 3 nitrogen and oxygen atoms in total. The maximum absolute atomic E-state index is 12.9. The highest BCUT2D eigenvalue weighted by Gasteiger charge is 2.41. The molecule has 86 valence electrons. The number of hydrogen-bond acceptors (Lipinski definition) is 2. The molecule has 1 aliphatic rings. The predicted octanol–water partition coefficient (Wildman–Crippen LogP) is 2.19. The number of alkyl halides is 1. The summed E-state index contributed by atoms with van der Waals surface area (Å²) in [5.41, 5.74) is 0. The molecule has 15 heavy (non-hydrogen) atoms. The van der Waals surface area contributed by atoms with E-state index < -0.39 is 44.6 Å². The molecule has 1 N–H and O–H groups in total. The molecule has 2 unspecified atom stereocenters. The lowest BCUT2D eigenvalue weighted by molar-refractivity contribution is 0.229. The fourth-order valence-corrected chi connectivity index (χ4v) is 1.81. The maximum atomic E-state index is 12.9. The van der Waals surface area contributed by atoms with E-state index in [9.17, 15) is 26.0 Å². The molecule has 0 spiro atoms. The number of rotatable bonds is 1. The minimum Gasteiger partial charge on any atom is -0.282 e. The number of allylic oxidation sites excluding steroid dienone is 3. The Balaban J connectivity index is 3.50. The zero-order valence-corrected chi connectivity index (χ0v) is 8.16. The molecule has 0 saturated carbocycles. The van der Waals surface area contributed by atoms with Crippen molar-refractivity contribution in [3.63, 3.8) is 0 Å². The molecule has 2 atom stereocenters. The van der Waals surface area contributed by atoms with Crippen LogP contribution in [0.2, 0.25) is 0 Å². The van der Waals surface area contributed by atoms with Crippen LogP contribution in [0.5, 0.6) is 0 Å². The Bertz CT molecular complexity index is 451. The Hall–Kier alpha value is -0.890. The van der Waals surface area contributed by atoms with Gasteiger partial charge < -0.3 is 0 Å². The largest absolute Gasteiger partial charge is 0.300 e. The lowest BCUT2D eigenvalue weighted by Gasteiger charge is -2.20. The van der Waals surface area contributed by atoms with Gasteiger partial charge in [-0.15, -0.1) is 0 Å². The van der Waals surface area contributed by atoms with Crippen LogP contribution in [0, 0.1) is 5.92 Å². The van der Waals surface area contributed by atoms with Crippen LogP contribution in [-0.2, 0) is 10.1 Å². The third kappa shape index (κ3) is 1.91. The van der Waals surface area contributed by atoms with Gasteiger partial charge in [-0.1, -0.05) is 6.92 Å². The van der Waals surface area contributed by atoms with Crippen LogP contribution in [-0.4, -0.2) is 19.1 Å². The minimum atomic E-state index is -5.32. The van der Waals surface area contributed by atoms with E-state index in [0.717, 1.165) is 6.92 Å². The molecule has 0 heterocycles. The standard InChI is InChI=1S/C7H6F4O3S/c1-2-3(8)5(10)7(15(12,13)14)6(11)4(2)9/h2-3H,1H3,(H,12,13,14). The molecule has 0 fully saturated rings. The maximum Gasteiger partial charge on any atom is 0.300 e. The number of halogens is 4. The van der Waals surface area contributed by atoms with Gasteiger partial charge in [0.25, 0.3) is 10.1 Å². The van der Waals surface area contributed by atoms with Crippen molar-refractivity contribution in [3.05, 3.63) is 22.4 Å². The first-order valence-corrected chi connectivity index (χ1v) is 5.18. The van der Waals surface area contributed by atoms with Gasteiger partial charge in [-0.3, -0.25) is 4.55 Å². The van der Waals surface area contributed by atoms with Crippen molar-refractivity contribution in [1.82, 2.24) is 0 Å². The highest BCUT2D eigenvalue weighted by atomic mass is 32.2. The van der Waals surface area contributed by atoms with E-state index >= 15 is 0 Å². The van der Waals surface area contributed by atoms with Crippen LogP contribution >= 0.6 is 0 Å². The van der Waals surface area contributed by atoms with Crippen molar-refractivity contribution in [2.45, 2.75) is 13.1 Å². The van der Waals surface area contributed by atoms with Gasteiger partial charge in [0.15, 0.2) is 22.7 Å². The molecular weight excluding hydrogens is 240 g/mol. The molecule has 0 aromatic heterocycles. The summed E-state index contributed by atoms with van der Waals surface area (Å²) in [4.78, 5) is -1.97. The Kier molecular flexibility index (Phi) is 2.92. The quantitative estimate of drug-likeness (QED) is 0.570.